The zero-order valence-corrected chi connectivity index (χ0v) is 16.7. The maximum Gasteiger partial charge on any atom is 0.0450 e. The third-order valence-electron chi connectivity index (χ3n) is 4.37. The normalized spacial score (nSPS) is 14.7. The lowest BCUT2D eigenvalue weighted by Crippen LogP contribution is -2.12. The minimum absolute atomic E-state index is 0. The van der Waals surface area contributed by atoms with E-state index < -0.39 is 0 Å². The summed E-state index contributed by atoms with van der Waals surface area (Å²) < 4.78 is 0. The van der Waals surface area contributed by atoms with Crippen molar-refractivity contribution in [3.05, 3.63) is 109 Å². The SMILES string of the molecule is Cl.Cl.Nc1ccc(N2C=CC(=C3C=CN(c4ccc(N)cc4)C=C3)C=C2)cc1. The topological polar surface area (TPSA) is 58.5 Å². The van der Waals surface area contributed by atoms with Crippen molar-refractivity contribution in [1.82, 2.24) is 0 Å². The number of benzene rings is 2. The Balaban J connectivity index is 0.00000140. The molecule has 144 valence electrons. The number of nitrogens with two attached hydrogens (primary N) is 2. The number of halogens is 2. The Kier molecular flexibility index (Phi) is 6.99. The summed E-state index contributed by atoms with van der Waals surface area (Å²) in [7, 11) is 0. The van der Waals surface area contributed by atoms with Crippen LogP contribution in [0.3, 0.4) is 0 Å². The van der Waals surface area contributed by atoms with Crippen molar-refractivity contribution in [2.45, 2.75) is 0 Å². The molecule has 0 aromatic heterocycles. The van der Waals surface area contributed by atoms with Crippen LogP contribution in [0.15, 0.2) is 109 Å². The van der Waals surface area contributed by atoms with Gasteiger partial charge in [-0.15, -0.1) is 24.8 Å². The minimum Gasteiger partial charge on any atom is -0.399 e. The second-order valence-electron chi connectivity index (χ2n) is 6.17. The van der Waals surface area contributed by atoms with Gasteiger partial charge in [-0.05, 0) is 84.0 Å². The van der Waals surface area contributed by atoms with Crippen LogP contribution >= 0.6 is 24.8 Å². The Labute approximate surface area is 177 Å². The van der Waals surface area contributed by atoms with E-state index in [1.165, 1.54) is 11.1 Å². The van der Waals surface area contributed by atoms with Gasteiger partial charge in [-0.1, -0.05) is 0 Å². The van der Waals surface area contributed by atoms with Crippen molar-refractivity contribution < 1.29 is 0 Å². The Bertz CT molecular complexity index is 844. The summed E-state index contributed by atoms with van der Waals surface area (Å²) in [5, 5.41) is 0. The molecule has 4 nitrogen and oxygen atoms in total. The lowest BCUT2D eigenvalue weighted by Gasteiger charge is -2.22. The first-order chi connectivity index (χ1) is 12.7. The molecule has 4 rings (SSSR count). The Morgan fingerprint density at radius 3 is 1.04 bits per heavy atom. The van der Waals surface area contributed by atoms with Crippen LogP contribution in [0.25, 0.3) is 0 Å². The van der Waals surface area contributed by atoms with Crippen LogP contribution in [0.4, 0.5) is 22.7 Å². The lowest BCUT2D eigenvalue weighted by molar-refractivity contribution is 1.22. The summed E-state index contributed by atoms with van der Waals surface area (Å²) in [5.41, 5.74) is 17.5. The monoisotopic (exact) mass is 412 g/mol. The third kappa shape index (κ3) is 4.60. The largest absolute Gasteiger partial charge is 0.399 e. The summed E-state index contributed by atoms with van der Waals surface area (Å²) in [5.74, 6) is 0. The lowest BCUT2D eigenvalue weighted by atomic mass is 10.0. The van der Waals surface area contributed by atoms with Gasteiger partial charge in [0.05, 0.1) is 0 Å². The van der Waals surface area contributed by atoms with Crippen LogP contribution in [0.5, 0.6) is 0 Å². The molecule has 2 aliphatic rings. The average molecular weight is 413 g/mol. The van der Waals surface area contributed by atoms with Crippen LogP contribution in [0, 0.1) is 0 Å². The van der Waals surface area contributed by atoms with Gasteiger partial charge in [-0.3, -0.25) is 0 Å². The number of nitrogens with zero attached hydrogens (tertiary/aromatic N) is 2. The molecule has 4 N–H and O–H groups in total. The molecule has 0 atom stereocenters. The number of rotatable bonds is 2. The molecule has 0 radical (unpaired) electrons. The summed E-state index contributed by atoms with van der Waals surface area (Å²) in [4.78, 5) is 4.14. The number of hydrogen-bond donors (Lipinski definition) is 2. The standard InChI is InChI=1S/C22H20N4.2ClH/c23-19-1-5-21(6-2-19)25-13-9-17(10-14-25)18-11-15-26(16-12-18)22-7-3-20(24)4-8-22;;/h1-16H,23-24H2;2*1H. The molecule has 2 heterocycles. The van der Waals surface area contributed by atoms with Gasteiger partial charge in [0.15, 0.2) is 0 Å². The molecule has 0 amide bonds. The van der Waals surface area contributed by atoms with Crippen LogP contribution in [0.2, 0.25) is 0 Å². The van der Waals surface area contributed by atoms with E-state index in [2.05, 4.69) is 58.9 Å². The molecule has 6 heteroatoms. The predicted octanol–water partition coefficient (Wildman–Crippen LogP) is 5.39. The highest BCUT2D eigenvalue weighted by Gasteiger charge is 2.09. The number of nitrogen functional groups attached to an aromatic ring is 2. The van der Waals surface area contributed by atoms with Crippen molar-refractivity contribution in [3.63, 3.8) is 0 Å². The summed E-state index contributed by atoms with van der Waals surface area (Å²) >= 11 is 0. The van der Waals surface area contributed by atoms with E-state index in [9.17, 15) is 0 Å². The molecule has 2 aromatic rings. The Morgan fingerprint density at radius 1 is 0.464 bits per heavy atom. The van der Waals surface area contributed by atoms with Gasteiger partial charge in [0.1, 0.15) is 0 Å². The smallest absolute Gasteiger partial charge is 0.0450 e. The van der Waals surface area contributed by atoms with Gasteiger partial charge in [-0.25, -0.2) is 0 Å². The molecule has 2 aliphatic heterocycles. The Hall–Kier alpha value is -3.08. The van der Waals surface area contributed by atoms with Gasteiger partial charge < -0.3 is 21.3 Å². The zero-order chi connectivity index (χ0) is 17.9. The van der Waals surface area contributed by atoms with Crippen molar-refractivity contribution in [2.24, 2.45) is 0 Å². The van der Waals surface area contributed by atoms with Crippen molar-refractivity contribution in [2.75, 3.05) is 21.3 Å². The van der Waals surface area contributed by atoms with E-state index in [0.29, 0.717) is 0 Å². The fraction of sp³-hybridized carbons (Fsp3) is 0. The maximum absolute atomic E-state index is 5.75. The summed E-state index contributed by atoms with van der Waals surface area (Å²) in [6.07, 6.45) is 16.7. The molecule has 0 unspecified atom stereocenters. The fourth-order valence-corrected chi connectivity index (χ4v) is 2.87. The van der Waals surface area contributed by atoms with E-state index in [4.69, 9.17) is 11.5 Å². The molecule has 0 saturated carbocycles. The van der Waals surface area contributed by atoms with Crippen LogP contribution in [-0.2, 0) is 0 Å². The van der Waals surface area contributed by atoms with Crippen LogP contribution < -0.4 is 21.3 Å². The average Bonchev–Trinajstić information content (AvgIpc) is 2.70. The van der Waals surface area contributed by atoms with E-state index in [-0.39, 0.29) is 24.8 Å². The second kappa shape index (κ2) is 9.22. The molecular weight excluding hydrogens is 391 g/mol. The number of hydrogen-bond acceptors (Lipinski definition) is 4. The molecular formula is C22H22Cl2N4. The van der Waals surface area contributed by atoms with Crippen molar-refractivity contribution >= 4 is 47.6 Å². The molecule has 0 fully saturated rings. The molecule has 28 heavy (non-hydrogen) atoms. The van der Waals surface area contributed by atoms with E-state index >= 15 is 0 Å². The van der Waals surface area contributed by atoms with Gasteiger partial charge in [0.25, 0.3) is 0 Å². The van der Waals surface area contributed by atoms with Crippen molar-refractivity contribution in [3.8, 4) is 0 Å². The second-order valence-corrected chi connectivity index (χ2v) is 6.17. The molecule has 0 bridgehead atoms. The van der Waals surface area contributed by atoms with E-state index in [0.717, 1.165) is 22.7 Å². The van der Waals surface area contributed by atoms with Gasteiger partial charge in [-0.2, -0.15) is 0 Å². The quantitative estimate of drug-likeness (QED) is 0.649. The minimum atomic E-state index is 0. The molecule has 2 aromatic carbocycles. The third-order valence-corrected chi connectivity index (χ3v) is 4.37. The maximum atomic E-state index is 5.75. The van der Waals surface area contributed by atoms with E-state index in [1.54, 1.807) is 0 Å². The first-order valence-corrected chi connectivity index (χ1v) is 8.44. The van der Waals surface area contributed by atoms with Crippen molar-refractivity contribution in [1.29, 1.82) is 0 Å². The molecule has 0 spiro atoms. The van der Waals surface area contributed by atoms with Crippen LogP contribution in [0.1, 0.15) is 0 Å². The first kappa shape index (κ1) is 21.2. The molecule has 0 aliphatic carbocycles. The fourth-order valence-electron chi connectivity index (χ4n) is 2.87. The zero-order valence-electron chi connectivity index (χ0n) is 15.1. The summed E-state index contributed by atoms with van der Waals surface area (Å²) in [6, 6.07) is 15.7. The van der Waals surface area contributed by atoms with E-state index in [1.807, 2.05) is 48.5 Å². The van der Waals surface area contributed by atoms with Gasteiger partial charge in [0.2, 0.25) is 0 Å². The highest BCUT2D eigenvalue weighted by Crippen LogP contribution is 2.26. The van der Waals surface area contributed by atoms with Gasteiger partial charge >= 0.3 is 0 Å². The predicted molar refractivity (Wildman–Crippen MR) is 125 cm³/mol. The number of anilines is 4. The Morgan fingerprint density at radius 2 is 0.750 bits per heavy atom. The van der Waals surface area contributed by atoms with Gasteiger partial charge in [0, 0.05) is 47.5 Å². The first-order valence-electron chi connectivity index (χ1n) is 8.44. The summed E-state index contributed by atoms with van der Waals surface area (Å²) in [6.45, 7) is 0. The highest BCUT2D eigenvalue weighted by molar-refractivity contribution is 5.85. The van der Waals surface area contributed by atoms with Crippen LogP contribution in [-0.4, -0.2) is 0 Å². The number of allylic oxidation sites excluding steroid dienone is 6. The highest BCUT2D eigenvalue weighted by atomic mass is 35.5. The molecule has 0 saturated heterocycles.